The number of rotatable bonds is 16. The minimum Gasteiger partial charge on any atom is -0.494 e. The van der Waals surface area contributed by atoms with Gasteiger partial charge in [-0.2, -0.15) is 0 Å². The zero-order valence-electron chi connectivity index (χ0n) is 24.9. The molecule has 0 aliphatic heterocycles. The summed E-state index contributed by atoms with van der Waals surface area (Å²) >= 11 is 1.05. The first-order chi connectivity index (χ1) is 20.0. The zero-order chi connectivity index (χ0) is 30.7. The smallest absolute Gasteiger partial charge is 0.186 e. The Morgan fingerprint density at radius 3 is 2.14 bits per heavy atom. The van der Waals surface area contributed by atoms with E-state index in [0.29, 0.717) is 30.5 Å². The second-order valence-electron chi connectivity index (χ2n) is 10.4. The van der Waals surface area contributed by atoms with Crippen LogP contribution in [0.2, 0.25) is 0 Å². The SMILES string of the molecule is CCCc1cc(Oc2ccc(S(C)(=O)=O)cc2)ccc1OCCCCOc1cccc(C(SC(C)=O)C(=O)C(C)C)c1. The quantitative estimate of drug-likeness (QED) is 0.153. The van der Waals surface area contributed by atoms with Crippen LogP contribution in [0.5, 0.6) is 23.0 Å². The minimum absolute atomic E-state index is 0.0230. The van der Waals surface area contributed by atoms with Gasteiger partial charge in [0.2, 0.25) is 0 Å². The lowest BCUT2D eigenvalue weighted by molar-refractivity contribution is -0.121. The van der Waals surface area contributed by atoms with E-state index in [2.05, 4.69) is 6.92 Å². The Bertz CT molecular complexity index is 1450. The van der Waals surface area contributed by atoms with E-state index in [-0.39, 0.29) is 21.7 Å². The van der Waals surface area contributed by atoms with Crippen molar-refractivity contribution in [2.45, 2.75) is 63.5 Å². The summed E-state index contributed by atoms with van der Waals surface area (Å²) in [6.45, 7) is 8.31. The van der Waals surface area contributed by atoms with Crippen molar-refractivity contribution in [2.75, 3.05) is 19.5 Å². The molecule has 0 N–H and O–H groups in total. The molecule has 7 nitrogen and oxygen atoms in total. The molecule has 3 aromatic carbocycles. The lowest BCUT2D eigenvalue weighted by Crippen LogP contribution is -2.16. The number of carbonyl (C=O) groups excluding carboxylic acids is 2. The minimum atomic E-state index is -3.26. The number of unbranched alkanes of at least 4 members (excludes halogenated alkanes) is 1. The maximum Gasteiger partial charge on any atom is 0.186 e. The predicted octanol–water partition coefficient (Wildman–Crippen LogP) is 7.62. The van der Waals surface area contributed by atoms with Gasteiger partial charge in [-0.15, -0.1) is 0 Å². The summed E-state index contributed by atoms with van der Waals surface area (Å²) in [5.41, 5.74) is 1.82. The number of hydrogen-bond donors (Lipinski definition) is 0. The van der Waals surface area contributed by atoms with Crippen LogP contribution in [0.25, 0.3) is 0 Å². The standard InChI is InChI=1S/C33H40O7S2/c1-6-10-25-21-29(40-27-13-16-30(17-14-27)42(5,36)37)15-18-31(25)39-20-8-7-19-38-28-12-9-11-26(22-28)33(41-24(4)34)32(35)23(2)3/h9,11-18,21-23,33H,6-8,10,19-20H2,1-5H3. The fraction of sp³-hybridized carbons (Fsp3) is 0.394. The van der Waals surface area contributed by atoms with Gasteiger partial charge in [0.15, 0.2) is 20.7 Å². The van der Waals surface area contributed by atoms with Crippen molar-refractivity contribution in [3.63, 3.8) is 0 Å². The molecular formula is C33H40O7S2. The lowest BCUT2D eigenvalue weighted by Gasteiger charge is -2.17. The summed E-state index contributed by atoms with van der Waals surface area (Å²) in [4.78, 5) is 24.7. The topological polar surface area (TPSA) is 96.0 Å². The molecule has 0 aliphatic carbocycles. The van der Waals surface area contributed by atoms with Crippen LogP contribution in [0.1, 0.15) is 63.3 Å². The Morgan fingerprint density at radius 2 is 1.52 bits per heavy atom. The molecule has 3 aromatic rings. The first-order valence-electron chi connectivity index (χ1n) is 14.1. The number of sulfone groups is 1. The fourth-order valence-electron chi connectivity index (χ4n) is 4.22. The number of thioether (sulfide) groups is 1. The molecule has 0 spiro atoms. The summed E-state index contributed by atoms with van der Waals surface area (Å²) < 4.78 is 41.4. The van der Waals surface area contributed by atoms with Crippen molar-refractivity contribution in [2.24, 2.45) is 5.92 Å². The highest BCUT2D eigenvalue weighted by Gasteiger charge is 2.25. The molecule has 9 heteroatoms. The van der Waals surface area contributed by atoms with Crippen LogP contribution in [0.4, 0.5) is 0 Å². The van der Waals surface area contributed by atoms with Crippen molar-refractivity contribution < 1.29 is 32.2 Å². The number of Topliss-reactive ketones (excluding diaryl/α,β-unsaturated/α-hetero) is 1. The molecule has 0 bridgehead atoms. The van der Waals surface area contributed by atoms with Gasteiger partial charge >= 0.3 is 0 Å². The van der Waals surface area contributed by atoms with Crippen molar-refractivity contribution in [3.05, 3.63) is 77.9 Å². The maximum absolute atomic E-state index is 12.7. The number of carbonyl (C=O) groups is 2. The molecule has 0 amide bonds. The predicted molar refractivity (Wildman–Crippen MR) is 168 cm³/mol. The molecule has 1 atom stereocenters. The Labute approximate surface area is 253 Å². The van der Waals surface area contributed by atoms with Gasteiger partial charge in [-0.3, -0.25) is 9.59 Å². The van der Waals surface area contributed by atoms with Gasteiger partial charge in [0.1, 0.15) is 23.0 Å². The van der Waals surface area contributed by atoms with Gasteiger partial charge in [0.25, 0.3) is 0 Å². The Balaban J connectivity index is 1.51. The number of benzene rings is 3. The van der Waals surface area contributed by atoms with E-state index in [1.54, 1.807) is 12.1 Å². The molecule has 0 saturated carbocycles. The first-order valence-corrected chi connectivity index (χ1v) is 16.9. The number of ether oxygens (including phenoxy) is 3. The van der Waals surface area contributed by atoms with E-state index >= 15 is 0 Å². The third kappa shape index (κ3) is 10.2. The second-order valence-corrected chi connectivity index (χ2v) is 13.7. The summed E-state index contributed by atoms with van der Waals surface area (Å²) in [7, 11) is -3.26. The monoisotopic (exact) mass is 612 g/mol. The zero-order valence-corrected chi connectivity index (χ0v) is 26.6. The summed E-state index contributed by atoms with van der Waals surface area (Å²) in [6.07, 6.45) is 4.54. The van der Waals surface area contributed by atoms with E-state index in [0.717, 1.165) is 54.3 Å². The Hall–Kier alpha value is -3.30. The highest BCUT2D eigenvalue weighted by Crippen LogP contribution is 2.34. The molecule has 0 aliphatic rings. The fourth-order valence-corrected chi connectivity index (χ4v) is 5.85. The molecule has 226 valence electrons. The molecule has 0 radical (unpaired) electrons. The molecule has 0 fully saturated rings. The van der Waals surface area contributed by atoms with E-state index in [1.807, 2.05) is 56.3 Å². The van der Waals surface area contributed by atoms with E-state index in [4.69, 9.17) is 14.2 Å². The third-order valence-corrected chi connectivity index (χ3v) is 8.58. The Kier molecular flexibility index (Phi) is 12.5. The van der Waals surface area contributed by atoms with Gasteiger partial charge < -0.3 is 14.2 Å². The van der Waals surface area contributed by atoms with Gasteiger partial charge in [-0.25, -0.2) is 8.42 Å². The molecule has 3 rings (SSSR count). The molecule has 42 heavy (non-hydrogen) atoms. The molecule has 0 saturated heterocycles. The summed E-state index contributed by atoms with van der Waals surface area (Å²) in [5, 5.41) is -0.625. The normalized spacial score (nSPS) is 12.1. The molecule has 0 heterocycles. The summed E-state index contributed by atoms with van der Waals surface area (Å²) in [6, 6.07) is 19.5. The average Bonchev–Trinajstić information content (AvgIpc) is 2.94. The van der Waals surface area contributed by atoms with Crippen molar-refractivity contribution >= 4 is 32.5 Å². The number of hydrogen-bond acceptors (Lipinski definition) is 8. The number of aryl methyl sites for hydroxylation is 1. The van der Waals surface area contributed by atoms with Gasteiger partial charge in [0.05, 0.1) is 23.4 Å². The maximum atomic E-state index is 12.7. The second kappa shape index (κ2) is 15.8. The lowest BCUT2D eigenvalue weighted by atomic mass is 10.0. The van der Waals surface area contributed by atoms with Crippen molar-refractivity contribution in [1.29, 1.82) is 0 Å². The van der Waals surface area contributed by atoms with Gasteiger partial charge in [0, 0.05) is 19.1 Å². The van der Waals surface area contributed by atoms with Gasteiger partial charge in [-0.1, -0.05) is 51.1 Å². The van der Waals surface area contributed by atoms with Crippen LogP contribution < -0.4 is 14.2 Å². The van der Waals surface area contributed by atoms with Gasteiger partial charge in [-0.05, 0) is 85.0 Å². The average molecular weight is 613 g/mol. The van der Waals surface area contributed by atoms with E-state index in [1.165, 1.54) is 25.3 Å². The van der Waals surface area contributed by atoms with Crippen LogP contribution in [-0.4, -0.2) is 38.8 Å². The van der Waals surface area contributed by atoms with Crippen molar-refractivity contribution in [3.8, 4) is 23.0 Å². The van der Waals surface area contributed by atoms with Crippen LogP contribution >= 0.6 is 11.8 Å². The highest BCUT2D eigenvalue weighted by atomic mass is 32.2. The van der Waals surface area contributed by atoms with Crippen LogP contribution in [0.15, 0.2) is 71.6 Å². The third-order valence-electron chi connectivity index (χ3n) is 6.38. The molecule has 1 unspecified atom stereocenters. The largest absolute Gasteiger partial charge is 0.494 e. The van der Waals surface area contributed by atoms with E-state index < -0.39 is 15.1 Å². The first kappa shape index (κ1) is 33.2. The van der Waals surface area contributed by atoms with Crippen LogP contribution in [0.3, 0.4) is 0 Å². The van der Waals surface area contributed by atoms with Crippen LogP contribution in [0, 0.1) is 5.92 Å². The molecular weight excluding hydrogens is 572 g/mol. The molecule has 0 aromatic heterocycles. The number of ketones is 1. The Morgan fingerprint density at radius 1 is 0.857 bits per heavy atom. The highest BCUT2D eigenvalue weighted by molar-refractivity contribution is 8.14. The van der Waals surface area contributed by atoms with E-state index in [9.17, 15) is 18.0 Å². The summed E-state index contributed by atoms with van der Waals surface area (Å²) in [5.74, 6) is 2.56. The van der Waals surface area contributed by atoms with Crippen molar-refractivity contribution in [1.82, 2.24) is 0 Å². The van der Waals surface area contributed by atoms with Crippen LogP contribution in [-0.2, 0) is 25.8 Å².